The molecule has 0 aliphatic carbocycles. The second-order valence-corrected chi connectivity index (χ2v) is 5.81. The minimum atomic E-state index is -0.306. The summed E-state index contributed by atoms with van der Waals surface area (Å²) in [6.07, 6.45) is 6.76. The predicted molar refractivity (Wildman–Crippen MR) is 85.9 cm³/mol. The van der Waals surface area contributed by atoms with Crippen molar-refractivity contribution in [2.75, 3.05) is 18.0 Å². The van der Waals surface area contributed by atoms with Crippen LogP contribution in [0.5, 0.6) is 0 Å². The third kappa shape index (κ3) is 3.41. The number of hydrogen-bond donors (Lipinski definition) is 1. The molecule has 3 heterocycles. The van der Waals surface area contributed by atoms with E-state index < -0.39 is 0 Å². The number of aliphatic hydroxyl groups excluding tert-OH is 1. The quantitative estimate of drug-likeness (QED) is 0.644. The van der Waals surface area contributed by atoms with Gasteiger partial charge in [0, 0.05) is 38.6 Å². The van der Waals surface area contributed by atoms with Crippen LogP contribution in [0, 0.1) is 11.8 Å². The number of rotatable bonds is 1. The predicted octanol–water partition coefficient (Wildman–Crippen LogP) is 1.83. The van der Waals surface area contributed by atoms with E-state index >= 15 is 0 Å². The van der Waals surface area contributed by atoms with Crippen molar-refractivity contribution in [1.29, 1.82) is 0 Å². The zero-order valence-electron chi connectivity index (χ0n) is 12.3. The maximum absolute atomic E-state index is 9.87. The molecule has 1 fully saturated rings. The fraction of sp³-hybridized carbons (Fsp3) is 0.375. The summed E-state index contributed by atoms with van der Waals surface area (Å²) in [6.45, 7) is 1.49. The number of aryl methyl sites for hydroxylation is 1. The Hall–Kier alpha value is -2.03. The number of hydrogen-bond acceptors (Lipinski definition) is 4. The average Bonchev–Trinajstić information content (AvgIpc) is 2.91. The van der Waals surface area contributed by atoms with Crippen LogP contribution in [0.4, 0.5) is 5.69 Å². The summed E-state index contributed by atoms with van der Waals surface area (Å²) in [5.74, 6) is 6.22. The second kappa shape index (κ2) is 6.39. The monoisotopic (exact) mass is 316 g/mol. The number of aromatic nitrogens is 3. The Balaban J connectivity index is 1.92. The fourth-order valence-corrected chi connectivity index (χ4v) is 2.73. The van der Waals surface area contributed by atoms with Crippen molar-refractivity contribution < 1.29 is 5.11 Å². The maximum Gasteiger partial charge on any atom is 0.131 e. The zero-order valence-corrected chi connectivity index (χ0v) is 13.1. The summed E-state index contributed by atoms with van der Waals surface area (Å²) in [7, 11) is 1.86. The lowest BCUT2D eigenvalue weighted by molar-refractivity contribution is 0.154. The van der Waals surface area contributed by atoms with Crippen LogP contribution >= 0.6 is 11.6 Å². The van der Waals surface area contributed by atoms with Crippen molar-refractivity contribution in [3.63, 3.8) is 0 Å². The van der Waals surface area contributed by atoms with E-state index in [1.54, 1.807) is 17.1 Å². The van der Waals surface area contributed by atoms with Gasteiger partial charge in [0.2, 0.25) is 0 Å². The molecule has 1 saturated heterocycles. The van der Waals surface area contributed by atoms with Gasteiger partial charge >= 0.3 is 0 Å². The van der Waals surface area contributed by atoms with Crippen LogP contribution in [0.2, 0.25) is 5.15 Å². The van der Waals surface area contributed by atoms with Crippen molar-refractivity contribution in [2.24, 2.45) is 7.05 Å². The SMILES string of the molecule is Cn1cc(C#Cc2cnc(Cl)cc2N2CCCC(O)C2)cn1. The molecule has 5 nitrogen and oxygen atoms in total. The molecule has 0 saturated carbocycles. The highest BCUT2D eigenvalue weighted by Crippen LogP contribution is 2.25. The van der Waals surface area contributed by atoms with Gasteiger partial charge in [-0.15, -0.1) is 0 Å². The molecule has 2 aromatic heterocycles. The van der Waals surface area contributed by atoms with E-state index in [1.807, 2.05) is 19.3 Å². The fourth-order valence-electron chi connectivity index (χ4n) is 2.58. The summed E-state index contributed by atoms with van der Waals surface area (Å²) in [5.41, 5.74) is 2.58. The van der Waals surface area contributed by atoms with Gasteiger partial charge in [-0.1, -0.05) is 23.4 Å². The van der Waals surface area contributed by atoms with Crippen LogP contribution in [0.25, 0.3) is 0 Å². The Labute approximate surface area is 134 Å². The number of halogens is 1. The Bertz CT molecular complexity index is 731. The van der Waals surface area contributed by atoms with E-state index in [-0.39, 0.29) is 6.10 Å². The van der Waals surface area contributed by atoms with Gasteiger partial charge < -0.3 is 10.0 Å². The highest BCUT2D eigenvalue weighted by molar-refractivity contribution is 6.29. The van der Waals surface area contributed by atoms with Gasteiger partial charge in [0.15, 0.2) is 0 Å². The molecular formula is C16H17ClN4O. The molecule has 2 aromatic rings. The molecule has 3 rings (SSSR count). The number of piperidine rings is 1. The van der Waals surface area contributed by atoms with E-state index in [0.717, 1.165) is 36.2 Å². The van der Waals surface area contributed by atoms with Crippen LogP contribution < -0.4 is 4.90 Å². The molecule has 0 spiro atoms. The molecule has 6 heteroatoms. The summed E-state index contributed by atoms with van der Waals surface area (Å²) in [5, 5.41) is 14.4. The lowest BCUT2D eigenvalue weighted by Crippen LogP contribution is -2.38. The van der Waals surface area contributed by atoms with Gasteiger partial charge in [-0.25, -0.2) is 4.98 Å². The molecule has 0 radical (unpaired) electrons. The molecule has 1 N–H and O–H groups in total. The summed E-state index contributed by atoms with van der Waals surface area (Å²) < 4.78 is 1.71. The third-order valence-electron chi connectivity index (χ3n) is 3.63. The molecule has 0 amide bonds. The molecule has 1 aliphatic rings. The van der Waals surface area contributed by atoms with Crippen LogP contribution in [0.3, 0.4) is 0 Å². The zero-order chi connectivity index (χ0) is 15.5. The Morgan fingerprint density at radius 3 is 2.95 bits per heavy atom. The van der Waals surface area contributed by atoms with Gasteiger partial charge in [0.25, 0.3) is 0 Å². The lowest BCUT2D eigenvalue weighted by atomic mass is 10.1. The minimum absolute atomic E-state index is 0.306. The maximum atomic E-state index is 9.87. The van der Waals surface area contributed by atoms with Crippen LogP contribution in [0.1, 0.15) is 24.0 Å². The van der Waals surface area contributed by atoms with E-state index in [1.165, 1.54) is 0 Å². The molecule has 1 unspecified atom stereocenters. The normalized spacial score (nSPS) is 18.0. The van der Waals surface area contributed by atoms with Gasteiger partial charge in [-0.3, -0.25) is 4.68 Å². The molecule has 1 atom stereocenters. The Morgan fingerprint density at radius 1 is 1.36 bits per heavy atom. The van der Waals surface area contributed by atoms with E-state index in [0.29, 0.717) is 11.7 Å². The summed E-state index contributed by atoms with van der Waals surface area (Å²) in [6, 6.07) is 1.81. The smallest absolute Gasteiger partial charge is 0.131 e. The van der Waals surface area contributed by atoms with Crippen LogP contribution in [-0.2, 0) is 7.05 Å². The summed E-state index contributed by atoms with van der Waals surface area (Å²) >= 11 is 6.03. The molecule has 0 bridgehead atoms. The average molecular weight is 317 g/mol. The van der Waals surface area contributed by atoms with Crippen molar-refractivity contribution in [3.05, 3.63) is 40.9 Å². The Kier molecular flexibility index (Phi) is 4.32. The highest BCUT2D eigenvalue weighted by Gasteiger charge is 2.20. The first kappa shape index (κ1) is 14.9. The molecule has 22 heavy (non-hydrogen) atoms. The minimum Gasteiger partial charge on any atom is -0.391 e. The lowest BCUT2D eigenvalue weighted by Gasteiger charge is -2.32. The van der Waals surface area contributed by atoms with Gasteiger partial charge in [0.1, 0.15) is 5.15 Å². The molecule has 114 valence electrons. The molecule has 1 aliphatic heterocycles. The standard InChI is InChI=1S/C16H17ClN4O/c1-20-10-12(8-19-20)4-5-13-9-18-16(17)7-15(13)21-6-2-3-14(22)11-21/h7-10,14,22H,2-3,6,11H2,1H3. The third-order valence-corrected chi connectivity index (χ3v) is 3.84. The summed E-state index contributed by atoms with van der Waals surface area (Å²) in [4.78, 5) is 6.24. The van der Waals surface area contributed by atoms with Crippen molar-refractivity contribution in [3.8, 4) is 11.8 Å². The van der Waals surface area contributed by atoms with Gasteiger partial charge in [-0.05, 0) is 12.8 Å². The van der Waals surface area contributed by atoms with Gasteiger partial charge in [0.05, 0.1) is 29.1 Å². The highest BCUT2D eigenvalue weighted by atomic mass is 35.5. The van der Waals surface area contributed by atoms with Crippen molar-refractivity contribution >= 4 is 17.3 Å². The number of nitrogens with zero attached hydrogens (tertiary/aromatic N) is 4. The topological polar surface area (TPSA) is 54.2 Å². The largest absolute Gasteiger partial charge is 0.391 e. The number of pyridine rings is 1. The first-order valence-electron chi connectivity index (χ1n) is 7.21. The van der Waals surface area contributed by atoms with E-state index in [2.05, 4.69) is 26.8 Å². The number of aliphatic hydroxyl groups is 1. The number of β-amino-alcohol motifs (C(OH)–C–C–N with tert-alkyl or cyclic N) is 1. The van der Waals surface area contributed by atoms with Crippen LogP contribution in [-0.4, -0.2) is 39.1 Å². The second-order valence-electron chi connectivity index (χ2n) is 5.42. The van der Waals surface area contributed by atoms with E-state index in [4.69, 9.17) is 11.6 Å². The first-order chi connectivity index (χ1) is 10.6. The molecule has 0 aromatic carbocycles. The van der Waals surface area contributed by atoms with Gasteiger partial charge in [-0.2, -0.15) is 5.10 Å². The van der Waals surface area contributed by atoms with Crippen molar-refractivity contribution in [2.45, 2.75) is 18.9 Å². The van der Waals surface area contributed by atoms with Crippen LogP contribution in [0.15, 0.2) is 24.7 Å². The van der Waals surface area contributed by atoms with Crippen molar-refractivity contribution in [1.82, 2.24) is 14.8 Å². The number of anilines is 1. The Morgan fingerprint density at radius 2 is 2.23 bits per heavy atom. The first-order valence-corrected chi connectivity index (χ1v) is 7.59. The molecular weight excluding hydrogens is 300 g/mol. The van der Waals surface area contributed by atoms with E-state index in [9.17, 15) is 5.11 Å².